The van der Waals surface area contributed by atoms with Gasteiger partial charge in [0.2, 0.25) is 10.0 Å². The molecule has 0 unspecified atom stereocenters. The van der Waals surface area contributed by atoms with Crippen molar-refractivity contribution in [1.82, 2.24) is 20.9 Å². The molecule has 3 aromatic rings. The van der Waals surface area contributed by atoms with Crippen LogP contribution in [-0.4, -0.2) is 55.2 Å². The topological polar surface area (TPSA) is 94.2 Å². The van der Waals surface area contributed by atoms with Crippen LogP contribution in [0.2, 0.25) is 10.0 Å². The van der Waals surface area contributed by atoms with Gasteiger partial charge in [-0.25, -0.2) is 12.8 Å². The van der Waals surface area contributed by atoms with Crippen LogP contribution >= 0.6 is 23.2 Å². The summed E-state index contributed by atoms with van der Waals surface area (Å²) in [6, 6.07) is 19.4. The first kappa shape index (κ1) is 32.2. The predicted octanol–water partition coefficient (Wildman–Crippen LogP) is 6.11. The van der Waals surface area contributed by atoms with E-state index in [1.54, 1.807) is 35.3 Å². The Balaban J connectivity index is 1.36. The second-order valence-electron chi connectivity index (χ2n) is 12.7. The quantitative estimate of drug-likeness (QED) is 0.250. The van der Waals surface area contributed by atoms with E-state index < -0.39 is 45.4 Å². The monoisotopic (exact) mass is 699 g/mol. The minimum atomic E-state index is -3.90. The number of ether oxygens (including phenoxy) is 1. The number of morpholine rings is 1. The first-order chi connectivity index (χ1) is 22.6. The number of nitrogens with one attached hydrogen (secondary N) is 2. The Kier molecular flexibility index (Phi) is 8.86. The maximum Gasteiger partial charge on any atom is 0.253 e. The average molecular weight is 701 g/mol. The Morgan fingerprint density at radius 3 is 2.36 bits per heavy atom. The number of nitrogens with zero attached hydrogens (tertiary/aromatic N) is 3. The Bertz CT molecular complexity index is 1790. The highest BCUT2D eigenvalue weighted by Crippen LogP contribution is 2.49. The standard InChI is InChI=1S/C34H36Cl2FN5O4S/c1-40-19-26(38-39-40)18-31-34(43)42(32(22-11-13-24(35)14-12-22)33(46-31)23-5-4-6-25(36)17-23)30(21-9-10-21)20-41(47(44,45)27-15-16-27)29-8-3-2-7-28(29)37/h2-8,11-14,17,19,21,27,30-33,38-39H,9-10,15-16,18,20H2,1H3/t30-,31-,32-,33-/m1/s1. The molecule has 248 valence electrons. The maximum absolute atomic E-state index is 15.4. The third kappa shape index (κ3) is 6.69. The van der Waals surface area contributed by atoms with Crippen LogP contribution in [0.5, 0.6) is 0 Å². The van der Waals surface area contributed by atoms with E-state index in [2.05, 4.69) is 11.0 Å². The van der Waals surface area contributed by atoms with Gasteiger partial charge in [-0.05, 0) is 79.1 Å². The normalized spacial score (nSPS) is 23.8. The fourth-order valence-electron chi connectivity index (χ4n) is 6.62. The highest BCUT2D eigenvalue weighted by molar-refractivity contribution is 7.93. The van der Waals surface area contributed by atoms with Gasteiger partial charge in [-0.2, -0.15) is 0 Å². The lowest BCUT2D eigenvalue weighted by atomic mass is 9.89. The minimum Gasteiger partial charge on any atom is -0.358 e. The van der Waals surface area contributed by atoms with Gasteiger partial charge in [0.15, 0.2) is 0 Å². The molecule has 0 aromatic heterocycles. The van der Waals surface area contributed by atoms with Gasteiger partial charge in [-0.3, -0.25) is 14.1 Å². The van der Waals surface area contributed by atoms with Crippen molar-refractivity contribution < 1.29 is 22.3 Å². The molecule has 7 rings (SSSR count). The van der Waals surface area contributed by atoms with Crippen LogP contribution in [0.15, 0.2) is 84.7 Å². The van der Waals surface area contributed by atoms with Crippen molar-refractivity contribution in [2.24, 2.45) is 5.92 Å². The van der Waals surface area contributed by atoms with E-state index in [-0.39, 0.29) is 30.5 Å². The first-order valence-electron chi connectivity index (χ1n) is 15.8. The summed E-state index contributed by atoms with van der Waals surface area (Å²) in [5, 5.41) is 2.22. The highest BCUT2D eigenvalue weighted by atomic mass is 35.5. The first-order valence-corrected chi connectivity index (χ1v) is 18.1. The summed E-state index contributed by atoms with van der Waals surface area (Å²) in [4.78, 5) is 16.7. The number of hydrazine groups is 2. The number of para-hydroxylation sites is 1. The van der Waals surface area contributed by atoms with Gasteiger partial charge < -0.3 is 15.1 Å². The van der Waals surface area contributed by atoms with Crippen LogP contribution in [0.1, 0.15) is 55.4 Å². The van der Waals surface area contributed by atoms with E-state index >= 15 is 4.39 Å². The molecule has 9 nitrogen and oxygen atoms in total. The molecule has 1 saturated heterocycles. The van der Waals surface area contributed by atoms with Crippen LogP contribution in [0.3, 0.4) is 0 Å². The van der Waals surface area contributed by atoms with Crippen LogP contribution in [-0.2, 0) is 19.6 Å². The molecule has 3 fully saturated rings. The molecule has 3 aromatic carbocycles. The largest absolute Gasteiger partial charge is 0.358 e. The molecule has 1 amide bonds. The lowest BCUT2D eigenvalue weighted by molar-refractivity contribution is -0.179. The fraction of sp³-hybridized carbons (Fsp3) is 0.382. The zero-order valence-corrected chi connectivity index (χ0v) is 28.1. The van der Waals surface area contributed by atoms with Gasteiger partial charge in [-0.1, -0.05) is 59.6 Å². The van der Waals surface area contributed by atoms with Crippen molar-refractivity contribution in [1.29, 1.82) is 0 Å². The Morgan fingerprint density at radius 2 is 1.72 bits per heavy atom. The maximum atomic E-state index is 15.4. The van der Waals surface area contributed by atoms with Gasteiger partial charge >= 0.3 is 0 Å². The zero-order chi connectivity index (χ0) is 32.9. The van der Waals surface area contributed by atoms with Gasteiger partial charge in [0.25, 0.3) is 5.91 Å². The van der Waals surface area contributed by atoms with Crippen LogP contribution in [0.4, 0.5) is 10.1 Å². The molecular formula is C34H36Cl2FN5O4S. The smallest absolute Gasteiger partial charge is 0.253 e. The molecule has 4 aliphatic rings. The number of rotatable bonds is 11. The average Bonchev–Trinajstić information content (AvgIpc) is 3.98. The summed E-state index contributed by atoms with van der Waals surface area (Å²) in [5.74, 6) is -0.887. The van der Waals surface area contributed by atoms with E-state index in [9.17, 15) is 13.2 Å². The molecule has 0 spiro atoms. The van der Waals surface area contributed by atoms with E-state index in [4.69, 9.17) is 27.9 Å². The van der Waals surface area contributed by atoms with Crippen LogP contribution < -0.4 is 15.3 Å². The summed E-state index contributed by atoms with van der Waals surface area (Å²) in [6.45, 7) is -0.0828. The molecule has 2 aliphatic heterocycles. The second-order valence-corrected chi connectivity index (χ2v) is 15.7. The fourth-order valence-corrected chi connectivity index (χ4v) is 8.82. The van der Waals surface area contributed by atoms with Crippen LogP contribution in [0.25, 0.3) is 0 Å². The van der Waals surface area contributed by atoms with Gasteiger partial charge in [0.05, 0.1) is 29.6 Å². The third-order valence-electron chi connectivity index (χ3n) is 9.21. The van der Waals surface area contributed by atoms with Crippen molar-refractivity contribution >= 4 is 44.8 Å². The predicted molar refractivity (Wildman–Crippen MR) is 179 cm³/mol. The highest BCUT2D eigenvalue weighted by Gasteiger charge is 2.52. The number of benzene rings is 3. The molecule has 2 N–H and O–H groups in total. The van der Waals surface area contributed by atoms with E-state index in [0.717, 1.165) is 29.7 Å². The number of halogens is 3. The lowest BCUT2D eigenvalue weighted by Crippen LogP contribution is -2.59. The molecule has 13 heteroatoms. The Hall–Kier alpha value is -3.35. The van der Waals surface area contributed by atoms with Crippen molar-refractivity contribution in [2.45, 2.75) is 61.6 Å². The van der Waals surface area contributed by atoms with Crippen molar-refractivity contribution in [3.05, 3.63) is 112 Å². The third-order valence-corrected chi connectivity index (χ3v) is 12.0. The molecule has 0 bridgehead atoms. The van der Waals surface area contributed by atoms with Gasteiger partial charge in [0.1, 0.15) is 18.0 Å². The summed E-state index contributed by atoms with van der Waals surface area (Å²) in [7, 11) is -2.07. The summed E-state index contributed by atoms with van der Waals surface area (Å²) in [6.07, 6.45) is 3.19. The number of sulfonamides is 1. The Morgan fingerprint density at radius 1 is 0.979 bits per heavy atom. The molecule has 0 radical (unpaired) electrons. The van der Waals surface area contributed by atoms with Gasteiger partial charge in [-0.15, -0.1) is 5.53 Å². The summed E-state index contributed by atoms with van der Waals surface area (Å²) in [5.41, 5.74) is 8.37. The SMILES string of the molecule is CN1C=C(C[C@H]2O[C@H](c3cccc(Cl)c3)[C@@H](c3ccc(Cl)cc3)N([C@H](CN(c3ccccc3F)S(=O)(=O)C3CC3)C3CC3)C2=O)NN1. The molecular weight excluding hydrogens is 664 g/mol. The molecule has 4 atom stereocenters. The molecule has 2 heterocycles. The van der Waals surface area contributed by atoms with Crippen LogP contribution in [0, 0.1) is 11.7 Å². The molecule has 2 aliphatic carbocycles. The number of carbonyl (C=O) groups is 1. The summed E-state index contributed by atoms with van der Waals surface area (Å²) >= 11 is 12.8. The second kappa shape index (κ2) is 12.9. The molecule has 2 saturated carbocycles. The van der Waals surface area contributed by atoms with Crippen molar-refractivity contribution in [3.8, 4) is 0 Å². The molecule has 47 heavy (non-hydrogen) atoms. The summed E-state index contributed by atoms with van der Waals surface area (Å²) < 4.78 is 51.4. The lowest BCUT2D eigenvalue weighted by Gasteiger charge is -2.49. The van der Waals surface area contributed by atoms with Crippen molar-refractivity contribution in [2.75, 3.05) is 17.9 Å². The Labute approximate surface area is 284 Å². The number of hydrogen-bond donors (Lipinski definition) is 2. The number of hydrogen-bond acceptors (Lipinski definition) is 7. The number of anilines is 1. The van der Waals surface area contributed by atoms with Gasteiger partial charge in [0, 0.05) is 35.4 Å². The number of carbonyl (C=O) groups excluding carboxylic acids is 1. The number of amides is 1. The van der Waals surface area contributed by atoms with Crippen molar-refractivity contribution in [3.63, 3.8) is 0 Å². The minimum absolute atomic E-state index is 0.00723. The van der Waals surface area contributed by atoms with E-state index in [0.29, 0.717) is 22.9 Å². The zero-order valence-electron chi connectivity index (χ0n) is 25.7. The van der Waals surface area contributed by atoms with E-state index in [1.165, 1.54) is 16.4 Å². The van der Waals surface area contributed by atoms with E-state index in [1.807, 2.05) is 48.5 Å².